The molecule has 4 nitrogen and oxygen atoms in total. The molecule has 1 aliphatic rings. The van der Waals surface area contributed by atoms with Gasteiger partial charge in [-0.1, -0.05) is 0 Å². The standard InChI is InChI=1S/C13H14F2N2O2/c14-10-5-9(6-11(15)7-10)1-2-12(18)17-4-3-16-8-13(17)19/h5-7,16H,1-4,8H2. The number of hydrogen-bond acceptors (Lipinski definition) is 3. The predicted octanol–water partition coefficient (Wildman–Crippen LogP) is 0.856. The summed E-state index contributed by atoms with van der Waals surface area (Å²) < 4.78 is 25.9. The smallest absolute Gasteiger partial charge is 0.243 e. The third-order valence-corrected chi connectivity index (χ3v) is 2.94. The molecule has 0 spiro atoms. The van der Waals surface area contributed by atoms with E-state index in [1.165, 1.54) is 17.0 Å². The van der Waals surface area contributed by atoms with E-state index < -0.39 is 11.6 Å². The number of rotatable bonds is 3. The number of carbonyl (C=O) groups is 2. The Morgan fingerprint density at radius 3 is 2.58 bits per heavy atom. The lowest BCUT2D eigenvalue weighted by atomic mass is 10.1. The molecule has 6 heteroatoms. The summed E-state index contributed by atoms with van der Waals surface area (Å²) in [5.74, 6) is -1.90. The first-order valence-electron chi connectivity index (χ1n) is 6.05. The van der Waals surface area contributed by atoms with Crippen molar-refractivity contribution in [1.82, 2.24) is 10.2 Å². The largest absolute Gasteiger partial charge is 0.307 e. The van der Waals surface area contributed by atoms with Crippen LogP contribution in [0.5, 0.6) is 0 Å². The maximum Gasteiger partial charge on any atom is 0.243 e. The first-order chi connectivity index (χ1) is 9.06. The summed E-state index contributed by atoms with van der Waals surface area (Å²) >= 11 is 0. The van der Waals surface area contributed by atoms with Crippen LogP contribution in [0.3, 0.4) is 0 Å². The average Bonchev–Trinajstić information content (AvgIpc) is 2.35. The van der Waals surface area contributed by atoms with Gasteiger partial charge in [-0.15, -0.1) is 0 Å². The van der Waals surface area contributed by atoms with Crippen LogP contribution in [0.15, 0.2) is 18.2 Å². The number of carbonyl (C=O) groups excluding carboxylic acids is 2. The van der Waals surface area contributed by atoms with E-state index in [4.69, 9.17) is 0 Å². The number of piperazine rings is 1. The van der Waals surface area contributed by atoms with Crippen LogP contribution in [-0.4, -0.2) is 36.3 Å². The Morgan fingerprint density at radius 1 is 1.26 bits per heavy atom. The summed E-state index contributed by atoms with van der Waals surface area (Å²) in [6.45, 7) is 1.07. The van der Waals surface area contributed by atoms with Crippen LogP contribution in [0, 0.1) is 11.6 Å². The van der Waals surface area contributed by atoms with Gasteiger partial charge in [-0.3, -0.25) is 14.5 Å². The number of hydrogen-bond donors (Lipinski definition) is 1. The Bertz CT molecular complexity index is 485. The van der Waals surface area contributed by atoms with E-state index in [0.29, 0.717) is 18.7 Å². The highest BCUT2D eigenvalue weighted by Crippen LogP contribution is 2.11. The number of imide groups is 1. The fourth-order valence-corrected chi connectivity index (χ4v) is 2.01. The van der Waals surface area contributed by atoms with Crippen molar-refractivity contribution in [2.24, 2.45) is 0 Å². The number of halogens is 2. The number of nitrogens with zero attached hydrogens (tertiary/aromatic N) is 1. The minimum atomic E-state index is -0.666. The molecule has 0 unspecified atom stereocenters. The van der Waals surface area contributed by atoms with E-state index in [9.17, 15) is 18.4 Å². The number of benzene rings is 1. The molecule has 1 aromatic rings. The van der Waals surface area contributed by atoms with Gasteiger partial charge in [-0.25, -0.2) is 8.78 Å². The minimum absolute atomic E-state index is 0.0641. The molecule has 0 radical (unpaired) electrons. The Labute approximate surface area is 109 Å². The molecular weight excluding hydrogens is 254 g/mol. The highest BCUT2D eigenvalue weighted by atomic mass is 19.1. The number of nitrogens with one attached hydrogen (secondary N) is 1. The second-order valence-electron chi connectivity index (χ2n) is 4.39. The van der Waals surface area contributed by atoms with Crippen molar-refractivity contribution in [1.29, 1.82) is 0 Å². The maximum atomic E-state index is 13.0. The fraction of sp³-hybridized carbons (Fsp3) is 0.385. The Kier molecular flexibility index (Phi) is 4.21. The van der Waals surface area contributed by atoms with E-state index in [0.717, 1.165) is 6.07 Å². The van der Waals surface area contributed by atoms with Crippen molar-refractivity contribution in [2.45, 2.75) is 12.8 Å². The Balaban J connectivity index is 1.94. The van der Waals surface area contributed by atoms with Crippen molar-refractivity contribution < 1.29 is 18.4 Å². The van der Waals surface area contributed by atoms with E-state index in [1.807, 2.05) is 0 Å². The zero-order chi connectivity index (χ0) is 13.8. The number of amides is 2. The monoisotopic (exact) mass is 268 g/mol. The second-order valence-corrected chi connectivity index (χ2v) is 4.39. The summed E-state index contributed by atoms with van der Waals surface area (Å²) in [7, 11) is 0. The predicted molar refractivity (Wildman–Crippen MR) is 64.3 cm³/mol. The van der Waals surface area contributed by atoms with E-state index in [-0.39, 0.29) is 31.2 Å². The third kappa shape index (κ3) is 3.57. The molecule has 1 aliphatic heterocycles. The van der Waals surface area contributed by atoms with Crippen molar-refractivity contribution >= 4 is 11.8 Å². The Morgan fingerprint density at radius 2 is 1.95 bits per heavy atom. The summed E-state index contributed by atoms with van der Waals surface area (Å²) in [5.41, 5.74) is 0.411. The second kappa shape index (κ2) is 5.88. The molecule has 0 saturated carbocycles. The van der Waals surface area contributed by atoms with Crippen LogP contribution < -0.4 is 5.32 Å². The van der Waals surface area contributed by atoms with Gasteiger partial charge < -0.3 is 5.32 Å². The lowest BCUT2D eigenvalue weighted by Gasteiger charge is -2.25. The van der Waals surface area contributed by atoms with Gasteiger partial charge in [0, 0.05) is 25.6 Å². The first kappa shape index (κ1) is 13.6. The summed E-state index contributed by atoms with van der Waals surface area (Å²) in [4.78, 5) is 24.5. The molecule has 19 heavy (non-hydrogen) atoms. The van der Waals surface area contributed by atoms with Crippen molar-refractivity contribution in [2.75, 3.05) is 19.6 Å². The molecule has 1 saturated heterocycles. The van der Waals surface area contributed by atoms with E-state index >= 15 is 0 Å². The van der Waals surface area contributed by atoms with Crippen molar-refractivity contribution in [3.63, 3.8) is 0 Å². The lowest BCUT2D eigenvalue weighted by Crippen LogP contribution is -2.50. The molecule has 1 heterocycles. The Hall–Kier alpha value is -1.82. The molecule has 0 aliphatic carbocycles. The zero-order valence-corrected chi connectivity index (χ0v) is 10.3. The maximum absolute atomic E-state index is 13.0. The molecule has 1 N–H and O–H groups in total. The van der Waals surface area contributed by atoms with Gasteiger partial charge in [0.25, 0.3) is 0 Å². The number of aryl methyl sites for hydroxylation is 1. The topological polar surface area (TPSA) is 49.4 Å². The van der Waals surface area contributed by atoms with Gasteiger partial charge in [0.1, 0.15) is 11.6 Å². The highest BCUT2D eigenvalue weighted by Gasteiger charge is 2.23. The lowest BCUT2D eigenvalue weighted by molar-refractivity contribution is -0.145. The average molecular weight is 268 g/mol. The van der Waals surface area contributed by atoms with Crippen LogP contribution >= 0.6 is 0 Å². The summed E-state index contributed by atoms with van der Waals surface area (Å²) in [6, 6.07) is 3.16. The van der Waals surface area contributed by atoms with Crippen molar-refractivity contribution in [3.05, 3.63) is 35.4 Å². The summed E-state index contributed by atoms with van der Waals surface area (Å²) in [5, 5.41) is 2.87. The summed E-state index contributed by atoms with van der Waals surface area (Å²) in [6.07, 6.45) is 0.277. The molecular formula is C13H14F2N2O2. The molecule has 0 aromatic heterocycles. The minimum Gasteiger partial charge on any atom is -0.307 e. The SMILES string of the molecule is O=C(CCc1cc(F)cc(F)c1)N1CCNCC1=O. The van der Waals surface area contributed by atoms with Gasteiger partial charge in [0.15, 0.2) is 0 Å². The quantitative estimate of drug-likeness (QED) is 0.884. The normalized spacial score (nSPS) is 15.7. The molecule has 1 aromatic carbocycles. The van der Waals surface area contributed by atoms with Crippen LogP contribution in [0.1, 0.15) is 12.0 Å². The highest BCUT2D eigenvalue weighted by molar-refractivity contribution is 5.96. The molecule has 2 rings (SSSR count). The van der Waals surface area contributed by atoms with Crippen LogP contribution in [-0.2, 0) is 16.0 Å². The fourth-order valence-electron chi connectivity index (χ4n) is 2.01. The van der Waals surface area contributed by atoms with Gasteiger partial charge in [0.05, 0.1) is 6.54 Å². The molecule has 2 amide bonds. The van der Waals surface area contributed by atoms with Crippen LogP contribution in [0.4, 0.5) is 8.78 Å². The van der Waals surface area contributed by atoms with Gasteiger partial charge in [0.2, 0.25) is 11.8 Å². The van der Waals surface area contributed by atoms with E-state index in [2.05, 4.69) is 5.32 Å². The molecule has 102 valence electrons. The van der Waals surface area contributed by atoms with Crippen molar-refractivity contribution in [3.8, 4) is 0 Å². The first-order valence-corrected chi connectivity index (χ1v) is 6.05. The van der Waals surface area contributed by atoms with Crippen LogP contribution in [0.2, 0.25) is 0 Å². The van der Waals surface area contributed by atoms with Gasteiger partial charge >= 0.3 is 0 Å². The molecule has 1 fully saturated rings. The third-order valence-electron chi connectivity index (χ3n) is 2.94. The zero-order valence-electron chi connectivity index (χ0n) is 10.3. The molecule has 0 bridgehead atoms. The molecule has 0 atom stereocenters. The van der Waals surface area contributed by atoms with Gasteiger partial charge in [-0.05, 0) is 24.1 Å². The van der Waals surface area contributed by atoms with Gasteiger partial charge in [-0.2, -0.15) is 0 Å². The van der Waals surface area contributed by atoms with Crippen LogP contribution in [0.25, 0.3) is 0 Å². The van der Waals surface area contributed by atoms with E-state index in [1.54, 1.807) is 0 Å².